The zero-order valence-electron chi connectivity index (χ0n) is 61.8. The number of carbonyl (C=O) groups is 2. The smallest absolute Gasteiger partial charge is 0.255 e. The molecule has 0 saturated heterocycles. The van der Waals surface area contributed by atoms with Gasteiger partial charge in [0.1, 0.15) is 5.75 Å². The van der Waals surface area contributed by atoms with Gasteiger partial charge >= 0.3 is 0 Å². The molecular formula is C85H162N2O3. The van der Waals surface area contributed by atoms with Gasteiger partial charge in [-0.1, -0.05) is 457 Å². The van der Waals surface area contributed by atoms with Gasteiger partial charge in [-0.3, -0.25) is 9.59 Å². The summed E-state index contributed by atoms with van der Waals surface area (Å²) in [5.74, 6) is 0.389. The first kappa shape index (κ1) is 86.0. The van der Waals surface area contributed by atoms with Gasteiger partial charge < -0.3 is 15.4 Å². The van der Waals surface area contributed by atoms with Crippen LogP contribution < -0.4 is 15.4 Å². The van der Waals surface area contributed by atoms with Crippen LogP contribution in [0.4, 0.5) is 0 Å². The quantitative estimate of drug-likeness (QED) is 0.0639. The van der Waals surface area contributed by atoms with Crippen molar-refractivity contribution in [2.24, 2.45) is 0 Å². The van der Waals surface area contributed by atoms with Crippen LogP contribution in [0.3, 0.4) is 0 Å². The molecule has 5 heteroatoms. The van der Waals surface area contributed by atoms with Crippen molar-refractivity contribution in [1.29, 1.82) is 0 Å². The molecule has 0 aliphatic rings. The fourth-order valence-electron chi connectivity index (χ4n) is 13.8. The summed E-state index contributed by atoms with van der Waals surface area (Å²) in [5, 5.41) is 6.37. The number of hydrogen-bond donors (Lipinski definition) is 2. The summed E-state index contributed by atoms with van der Waals surface area (Å²) < 4.78 is 6.35. The summed E-state index contributed by atoms with van der Waals surface area (Å²) >= 11 is 0. The molecule has 0 aromatic heterocycles. The molecule has 1 aromatic carbocycles. The van der Waals surface area contributed by atoms with Gasteiger partial charge in [-0.25, -0.2) is 0 Å². The van der Waals surface area contributed by atoms with E-state index in [0.29, 0.717) is 36.6 Å². The van der Waals surface area contributed by atoms with E-state index >= 15 is 0 Å². The third-order valence-corrected chi connectivity index (χ3v) is 20.1. The Kier molecular flexibility index (Phi) is 71.0. The highest BCUT2D eigenvalue weighted by Gasteiger charge is 2.16. The number of amides is 2. The highest BCUT2D eigenvalue weighted by atomic mass is 16.5. The van der Waals surface area contributed by atoms with E-state index < -0.39 is 0 Å². The largest absolute Gasteiger partial charge is 0.493 e. The van der Waals surface area contributed by atoms with Crippen molar-refractivity contribution in [3.05, 3.63) is 29.3 Å². The summed E-state index contributed by atoms with van der Waals surface area (Å²) in [6.07, 6.45) is 98.3. The average Bonchev–Trinajstić information content (AvgIpc) is 3.50. The highest BCUT2D eigenvalue weighted by Crippen LogP contribution is 2.24. The molecule has 530 valence electrons. The summed E-state index contributed by atoms with van der Waals surface area (Å²) in [6.45, 7) is 8.85. The fraction of sp³-hybridized carbons (Fsp3) is 0.906. The number of hydrogen-bond acceptors (Lipinski definition) is 3. The van der Waals surface area contributed by atoms with E-state index in [1.807, 2.05) is 18.2 Å². The van der Waals surface area contributed by atoms with Crippen LogP contribution in [0.5, 0.6) is 5.75 Å². The molecule has 0 spiro atoms. The molecule has 0 unspecified atom stereocenters. The molecule has 0 heterocycles. The Labute approximate surface area is 565 Å². The maximum absolute atomic E-state index is 13.6. The van der Waals surface area contributed by atoms with Crippen LogP contribution in [0.2, 0.25) is 0 Å². The second-order valence-electron chi connectivity index (χ2n) is 29.1. The molecule has 1 aromatic rings. The van der Waals surface area contributed by atoms with E-state index in [4.69, 9.17) is 4.74 Å². The average molecular weight is 1260 g/mol. The number of benzene rings is 1. The molecule has 2 amide bonds. The SMILES string of the molecule is CCCCCCCCCCCCCCCCCCCCCCCCCCCCCCNC(=O)c1ccc(C(=O)NCCCCCCCCCCCCCCCCCCCCCCCCCCCCCC)c(OCCCCCCCCCCCCCCCCC)c1. The van der Waals surface area contributed by atoms with Gasteiger partial charge in [0.15, 0.2) is 0 Å². The third-order valence-electron chi connectivity index (χ3n) is 20.1. The molecule has 0 aliphatic carbocycles. The minimum Gasteiger partial charge on any atom is -0.493 e. The normalized spacial score (nSPS) is 11.5. The Morgan fingerprint density at radius 3 is 0.656 bits per heavy atom. The van der Waals surface area contributed by atoms with E-state index in [1.54, 1.807) is 0 Å². The van der Waals surface area contributed by atoms with Gasteiger partial charge in [-0.15, -0.1) is 0 Å². The predicted molar refractivity (Wildman–Crippen MR) is 401 cm³/mol. The molecule has 90 heavy (non-hydrogen) atoms. The van der Waals surface area contributed by atoms with Crippen molar-refractivity contribution in [2.45, 2.75) is 477 Å². The second-order valence-corrected chi connectivity index (χ2v) is 29.1. The van der Waals surface area contributed by atoms with Crippen LogP contribution >= 0.6 is 0 Å². The van der Waals surface area contributed by atoms with Crippen molar-refractivity contribution < 1.29 is 14.3 Å². The lowest BCUT2D eigenvalue weighted by Crippen LogP contribution is -2.26. The standard InChI is InChI=1S/C85H162N2O3/c1-4-7-10-13-16-19-22-25-28-30-32-34-36-38-40-42-44-46-48-50-52-54-57-60-63-66-69-72-77-86-84(88)81-75-76-82(83(80-81)90-79-74-71-68-65-62-59-56-27-24-21-18-15-12-9-6-3)85(89)87-78-73-70-67-64-61-58-55-53-51-49-47-45-43-41-39-37-35-33-31-29-26-23-20-17-14-11-8-5-2/h75-76,80H,4-74,77-79H2,1-3H3,(H,86,88)(H,87,89). The lowest BCUT2D eigenvalue weighted by molar-refractivity contribution is 0.0937. The topological polar surface area (TPSA) is 67.4 Å². The van der Waals surface area contributed by atoms with Crippen molar-refractivity contribution in [3.8, 4) is 5.75 Å². The van der Waals surface area contributed by atoms with Gasteiger partial charge in [0, 0.05) is 18.7 Å². The molecule has 1 rings (SSSR count). The highest BCUT2D eigenvalue weighted by molar-refractivity contribution is 6.00. The van der Waals surface area contributed by atoms with Crippen LogP contribution in [0.15, 0.2) is 18.2 Å². The number of carbonyl (C=O) groups excluding carboxylic acids is 2. The van der Waals surface area contributed by atoms with Crippen molar-refractivity contribution in [3.63, 3.8) is 0 Å². The van der Waals surface area contributed by atoms with Crippen molar-refractivity contribution >= 4 is 11.8 Å². The van der Waals surface area contributed by atoms with Gasteiger partial charge in [0.2, 0.25) is 0 Å². The Bertz CT molecular complexity index is 1560. The summed E-state index contributed by atoms with van der Waals surface area (Å²) in [7, 11) is 0. The van der Waals surface area contributed by atoms with Crippen LogP contribution in [0, 0.1) is 0 Å². The molecule has 0 atom stereocenters. The Morgan fingerprint density at radius 1 is 0.244 bits per heavy atom. The van der Waals surface area contributed by atoms with Crippen LogP contribution in [-0.4, -0.2) is 31.5 Å². The van der Waals surface area contributed by atoms with Gasteiger partial charge in [0.25, 0.3) is 11.8 Å². The molecule has 0 saturated carbocycles. The number of nitrogens with one attached hydrogen (secondary N) is 2. The summed E-state index contributed by atoms with van der Waals surface area (Å²) in [5.41, 5.74) is 1.13. The third kappa shape index (κ3) is 63.4. The van der Waals surface area contributed by atoms with E-state index in [1.165, 1.54) is 417 Å². The summed E-state index contributed by atoms with van der Waals surface area (Å²) in [6, 6.07) is 5.45. The van der Waals surface area contributed by atoms with Gasteiger partial charge in [-0.05, 0) is 37.5 Å². The Balaban J connectivity index is 2.21. The predicted octanol–water partition coefficient (Wildman–Crippen LogP) is 29.3. The van der Waals surface area contributed by atoms with Gasteiger partial charge in [0.05, 0.1) is 12.2 Å². The second kappa shape index (κ2) is 74.4. The molecular weight excluding hydrogens is 1100 g/mol. The zero-order valence-corrected chi connectivity index (χ0v) is 61.8. The minimum atomic E-state index is -0.0885. The molecule has 0 bridgehead atoms. The Morgan fingerprint density at radius 2 is 0.433 bits per heavy atom. The first-order valence-corrected chi connectivity index (χ1v) is 42.0. The minimum absolute atomic E-state index is 0.0697. The lowest BCUT2D eigenvalue weighted by atomic mass is 10.0. The molecule has 0 fully saturated rings. The van der Waals surface area contributed by atoms with Crippen LogP contribution in [0.25, 0.3) is 0 Å². The maximum atomic E-state index is 13.6. The number of unbranched alkanes of at least 4 members (excludes halogenated alkanes) is 68. The number of ether oxygens (including phenoxy) is 1. The van der Waals surface area contributed by atoms with Gasteiger partial charge in [-0.2, -0.15) is 0 Å². The maximum Gasteiger partial charge on any atom is 0.255 e. The Hall–Kier alpha value is -2.04. The zero-order chi connectivity index (χ0) is 64.5. The molecule has 0 aliphatic heterocycles. The summed E-state index contributed by atoms with van der Waals surface area (Å²) in [4.78, 5) is 27.0. The van der Waals surface area contributed by atoms with Crippen molar-refractivity contribution in [1.82, 2.24) is 10.6 Å². The van der Waals surface area contributed by atoms with Crippen molar-refractivity contribution in [2.75, 3.05) is 19.7 Å². The number of rotatable bonds is 77. The van der Waals surface area contributed by atoms with Crippen LogP contribution in [-0.2, 0) is 0 Å². The van der Waals surface area contributed by atoms with E-state index in [2.05, 4.69) is 31.4 Å². The van der Waals surface area contributed by atoms with Crippen LogP contribution in [0.1, 0.15) is 497 Å². The first-order valence-electron chi connectivity index (χ1n) is 42.0. The lowest BCUT2D eigenvalue weighted by Gasteiger charge is -2.14. The fourth-order valence-corrected chi connectivity index (χ4v) is 13.8. The van der Waals surface area contributed by atoms with E-state index in [-0.39, 0.29) is 11.8 Å². The van der Waals surface area contributed by atoms with E-state index in [9.17, 15) is 9.59 Å². The molecule has 2 N–H and O–H groups in total. The molecule has 0 radical (unpaired) electrons. The first-order chi connectivity index (χ1) is 44.6. The van der Waals surface area contributed by atoms with E-state index in [0.717, 1.165) is 38.5 Å². The monoisotopic (exact) mass is 1260 g/mol. The molecule has 5 nitrogen and oxygen atoms in total.